The van der Waals surface area contributed by atoms with Crippen molar-refractivity contribution in [2.75, 3.05) is 19.8 Å². The highest BCUT2D eigenvalue weighted by molar-refractivity contribution is 4.97. The van der Waals surface area contributed by atoms with Crippen molar-refractivity contribution in [3.05, 3.63) is 12.2 Å². The fourth-order valence-electron chi connectivity index (χ4n) is 2.66. The van der Waals surface area contributed by atoms with Gasteiger partial charge in [-0.05, 0) is 19.3 Å². The van der Waals surface area contributed by atoms with E-state index >= 15 is 0 Å². The zero-order valence-corrected chi connectivity index (χ0v) is 12.3. The first-order valence-electron chi connectivity index (χ1n) is 7.44. The summed E-state index contributed by atoms with van der Waals surface area (Å²) in [6.07, 6.45) is 7.65. The summed E-state index contributed by atoms with van der Waals surface area (Å²) in [6, 6.07) is 0. The minimum Gasteiger partial charge on any atom is -0.347 e. The molecule has 0 aromatic heterocycles. The van der Waals surface area contributed by atoms with Gasteiger partial charge in [0, 0.05) is 6.42 Å². The van der Waals surface area contributed by atoms with E-state index in [1.165, 1.54) is 0 Å². The molecule has 2 heterocycles. The van der Waals surface area contributed by atoms with Gasteiger partial charge < -0.3 is 18.9 Å². The second-order valence-electron chi connectivity index (χ2n) is 5.18. The molecule has 0 bridgehead atoms. The number of rotatable bonds is 6. The summed E-state index contributed by atoms with van der Waals surface area (Å²) >= 11 is 0. The van der Waals surface area contributed by atoms with Crippen LogP contribution in [0.5, 0.6) is 0 Å². The molecular weight excluding hydrogens is 244 g/mol. The van der Waals surface area contributed by atoms with Crippen molar-refractivity contribution in [2.24, 2.45) is 0 Å². The normalized spacial score (nSPS) is 29.3. The van der Waals surface area contributed by atoms with Crippen LogP contribution in [-0.4, -0.2) is 37.5 Å². The average molecular weight is 270 g/mol. The zero-order valence-electron chi connectivity index (χ0n) is 12.3. The molecular formula is C15H26O4. The fraction of sp³-hybridized carbons (Fsp3) is 0.867. The molecule has 0 spiro atoms. The van der Waals surface area contributed by atoms with Gasteiger partial charge in [0.1, 0.15) is 6.10 Å². The van der Waals surface area contributed by atoms with E-state index in [0.717, 1.165) is 25.7 Å². The van der Waals surface area contributed by atoms with Crippen LogP contribution in [0.1, 0.15) is 46.5 Å². The van der Waals surface area contributed by atoms with Gasteiger partial charge in [-0.1, -0.05) is 32.9 Å². The van der Waals surface area contributed by atoms with Crippen molar-refractivity contribution in [2.45, 2.75) is 64.1 Å². The Balaban J connectivity index is 1.83. The van der Waals surface area contributed by atoms with E-state index in [4.69, 9.17) is 18.9 Å². The lowest BCUT2D eigenvalue weighted by Gasteiger charge is -2.25. The highest BCUT2D eigenvalue weighted by atomic mass is 16.7. The number of hydrogen-bond acceptors (Lipinski definition) is 4. The zero-order chi connectivity index (χ0) is 13.8. The predicted molar refractivity (Wildman–Crippen MR) is 72.8 cm³/mol. The maximum atomic E-state index is 5.99. The van der Waals surface area contributed by atoms with E-state index in [1.807, 2.05) is 0 Å². The Morgan fingerprint density at radius 3 is 2.11 bits per heavy atom. The van der Waals surface area contributed by atoms with Crippen LogP contribution in [0.3, 0.4) is 0 Å². The molecule has 0 aliphatic carbocycles. The smallest absolute Gasteiger partial charge is 0.171 e. The molecule has 0 aromatic carbocycles. The molecule has 4 nitrogen and oxygen atoms in total. The lowest BCUT2D eigenvalue weighted by Crippen LogP contribution is -2.29. The molecule has 4 heteroatoms. The van der Waals surface area contributed by atoms with E-state index in [2.05, 4.69) is 32.9 Å². The largest absolute Gasteiger partial charge is 0.347 e. The first-order valence-corrected chi connectivity index (χ1v) is 7.44. The van der Waals surface area contributed by atoms with E-state index in [1.54, 1.807) is 0 Å². The van der Waals surface area contributed by atoms with Crippen LogP contribution in [0.15, 0.2) is 12.2 Å². The molecule has 2 rings (SSSR count). The first-order chi connectivity index (χ1) is 9.17. The molecule has 0 unspecified atom stereocenters. The molecule has 0 saturated carbocycles. The maximum absolute atomic E-state index is 5.99. The Hall–Kier alpha value is -0.420. The van der Waals surface area contributed by atoms with Crippen LogP contribution in [0.25, 0.3) is 0 Å². The van der Waals surface area contributed by atoms with Gasteiger partial charge in [0.2, 0.25) is 0 Å². The summed E-state index contributed by atoms with van der Waals surface area (Å²) < 4.78 is 23.2. The Morgan fingerprint density at radius 2 is 1.58 bits per heavy atom. The second-order valence-corrected chi connectivity index (χ2v) is 5.18. The standard InChI is InChI=1S/C15H26O4/c1-4-14(5-2)18-12-13(19-14)8-7-9-15(6-3)16-10-11-17-15/h7-8,13H,4-6,9-12H2,1-3H3/b8-7-/t13-/m0/s1. The van der Waals surface area contributed by atoms with Crippen LogP contribution in [0.4, 0.5) is 0 Å². The summed E-state index contributed by atoms with van der Waals surface area (Å²) in [4.78, 5) is 0. The molecule has 2 saturated heterocycles. The summed E-state index contributed by atoms with van der Waals surface area (Å²) in [5, 5.41) is 0. The van der Waals surface area contributed by atoms with Crippen LogP contribution in [0, 0.1) is 0 Å². The van der Waals surface area contributed by atoms with Gasteiger partial charge in [-0.2, -0.15) is 0 Å². The highest BCUT2D eigenvalue weighted by Crippen LogP contribution is 2.31. The SMILES string of the molecule is CCC1(C/C=C\[C@H]2COC(CC)(CC)O2)OCCO1. The van der Waals surface area contributed by atoms with Gasteiger partial charge >= 0.3 is 0 Å². The molecule has 19 heavy (non-hydrogen) atoms. The molecule has 110 valence electrons. The van der Waals surface area contributed by atoms with Gasteiger partial charge in [-0.25, -0.2) is 0 Å². The monoisotopic (exact) mass is 270 g/mol. The van der Waals surface area contributed by atoms with Crippen LogP contribution in [-0.2, 0) is 18.9 Å². The molecule has 0 radical (unpaired) electrons. The quantitative estimate of drug-likeness (QED) is 0.695. The fourth-order valence-corrected chi connectivity index (χ4v) is 2.66. The lowest BCUT2D eigenvalue weighted by molar-refractivity contribution is -0.167. The number of ether oxygens (including phenoxy) is 4. The molecule has 2 fully saturated rings. The summed E-state index contributed by atoms with van der Waals surface area (Å²) in [6.45, 7) is 8.31. The van der Waals surface area contributed by atoms with Gasteiger partial charge in [-0.15, -0.1) is 0 Å². The molecule has 0 aromatic rings. The lowest BCUT2D eigenvalue weighted by atomic mass is 10.1. The highest BCUT2D eigenvalue weighted by Gasteiger charge is 2.38. The van der Waals surface area contributed by atoms with E-state index in [-0.39, 0.29) is 11.9 Å². The van der Waals surface area contributed by atoms with Crippen LogP contribution < -0.4 is 0 Å². The minimum absolute atomic E-state index is 0.0511. The van der Waals surface area contributed by atoms with Gasteiger partial charge in [0.05, 0.1) is 19.8 Å². The Bertz CT molecular complexity index is 303. The third-order valence-electron chi connectivity index (χ3n) is 4.09. The minimum atomic E-state index is -0.414. The van der Waals surface area contributed by atoms with Gasteiger partial charge in [0.15, 0.2) is 11.6 Å². The Labute approximate surface area is 116 Å². The predicted octanol–water partition coefficient (Wildman–Crippen LogP) is 3.02. The van der Waals surface area contributed by atoms with Crippen molar-refractivity contribution in [1.29, 1.82) is 0 Å². The summed E-state index contributed by atoms with van der Waals surface area (Å²) in [7, 11) is 0. The summed E-state index contributed by atoms with van der Waals surface area (Å²) in [5.74, 6) is -0.791. The average Bonchev–Trinajstić information content (AvgIpc) is 3.07. The van der Waals surface area contributed by atoms with Crippen molar-refractivity contribution in [1.82, 2.24) is 0 Å². The second kappa shape index (κ2) is 6.35. The summed E-state index contributed by atoms with van der Waals surface area (Å²) in [5.41, 5.74) is 0. The first kappa shape index (κ1) is 15.0. The van der Waals surface area contributed by atoms with Gasteiger partial charge in [0.25, 0.3) is 0 Å². The number of hydrogen-bond donors (Lipinski definition) is 0. The van der Waals surface area contributed by atoms with E-state index in [0.29, 0.717) is 19.8 Å². The van der Waals surface area contributed by atoms with Crippen molar-refractivity contribution in [3.8, 4) is 0 Å². The Kier molecular flexibility index (Phi) is 5.01. The molecule has 0 amide bonds. The molecule has 0 N–H and O–H groups in total. The van der Waals surface area contributed by atoms with Crippen molar-refractivity contribution in [3.63, 3.8) is 0 Å². The van der Waals surface area contributed by atoms with Crippen molar-refractivity contribution >= 4 is 0 Å². The van der Waals surface area contributed by atoms with Crippen LogP contribution in [0.2, 0.25) is 0 Å². The van der Waals surface area contributed by atoms with Gasteiger partial charge in [-0.3, -0.25) is 0 Å². The molecule has 2 aliphatic rings. The van der Waals surface area contributed by atoms with E-state index in [9.17, 15) is 0 Å². The topological polar surface area (TPSA) is 36.9 Å². The third-order valence-corrected chi connectivity index (χ3v) is 4.09. The molecule has 1 atom stereocenters. The Morgan fingerprint density at radius 1 is 0.947 bits per heavy atom. The third kappa shape index (κ3) is 3.37. The van der Waals surface area contributed by atoms with Crippen LogP contribution >= 0.6 is 0 Å². The molecule has 2 aliphatic heterocycles. The maximum Gasteiger partial charge on any atom is 0.171 e. The van der Waals surface area contributed by atoms with E-state index < -0.39 is 5.79 Å². The van der Waals surface area contributed by atoms with Crippen molar-refractivity contribution < 1.29 is 18.9 Å².